The van der Waals surface area contributed by atoms with Gasteiger partial charge in [-0.05, 0) is 41.5 Å². The third kappa shape index (κ3) is 6.17. The second kappa shape index (κ2) is 11.0. The van der Waals surface area contributed by atoms with Crippen LogP contribution in [0.4, 0.5) is 11.5 Å². The average Bonchev–Trinajstić information content (AvgIpc) is 3.24. The number of hydrogen-bond acceptors (Lipinski definition) is 7. The van der Waals surface area contributed by atoms with E-state index in [-0.39, 0.29) is 18.2 Å². The Balaban J connectivity index is 0.00000304. The Morgan fingerprint density at radius 3 is 2.58 bits per heavy atom. The van der Waals surface area contributed by atoms with Crippen LogP contribution in [0.3, 0.4) is 0 Å². The molecular formula is C26H27ClN6O2S. The first-order chi connectivity index (χ1) is 16.9. The molecule has 8 nitrogen and oxygen atoms in total. The van der Waals surface area contributed by atoms with Gasteiger partial charge in [0.2, 0.25) is 0 Å². The van der Waals surface area contributed by atoms with Crippen molar-refractivity contribution in [1.82, 2.24) is 25.1 Å². The van der Waals surface area contributed by atoms with Gasteiger partial charge >= 0.3 is 0 Å². The van der Waals surface area contributed by atoms with Gasteiger partial charge in [0, 0.05) is 35.8 Å². The molecule has 10 heteroatoms. The number of hydrogen-bond donors (Lipinski definition) is 2. The summed E-state index contributed by atoms with van der Waals surface area (Å²) >= 11 is 0. The molecule has 0 amide bonds. The molecule has 5 aromatic rings. The van der Waals surface area contributed by atoms with Crippen LogP contribution in [0.5, 0.6) is 0 Å². The number of benzene rings is 3. The van der Waals surface area contributed by atoms with E-state index in [4.69, 9.17) is 0 Å². The number of nitrogens with zero attached hydrogens (tertiary/aromatic N) is 4. The third-order valence-corrected chi connectivity index (χ3v) is 6.70. The quantitative estimate of drug-likeness (QED) is 0.278. The van der Waals surface area contributed by atoms with Crippen LogP contribution in [0.2, 0.25) is 0 Å². The molecule has 186 valence electrons. The van der Waals surface area contributed by atoms with Crippen LogP contribution in [0.1, 0.15) is 11.1 Å². The van der Waals surface area contributed by atoms with E-state index in [0.29, 0.717) is 25.5 Å². The Hall–Kier alpha value is -3.53. The highest BCUT2D eigenvalue weighted by molar-refractivity contribution is 7.90. The number of sulfone groups is 1. The zero-order chi connectivity index (χ0) is 24.3. The molecule has 0 bridgehead atoms. The minimum Gasteiger partial charge on any atom is -0.340 e. The molecule has 0 radical (unpaired) electrons. The van der Waals surface area contributed by atoms with Crippen LogP contribution in [0, 0.1) is 0 Å². The lowest BCUT2D eigenvalue weighted by atomic mass is 10.1. The highest BCUT2D eigenvalue weighted by Gasteiger charge is 2.09. The third-order valence-electron chi connectivity index (χ3n) is 5.76. The van der Waals surface area contributed by atoms with Crippen LogP contribution in [0.25, 0.3) is 21.8 Å². The molecule has 0 spiro atoms. The molecule has 3 aromatic carbocycles. The molecule has 0 aliphatic carbocycles. The Labute approximate surface area is 216 Å². The van der Waals surface area contributed by atoms with Crippen LogP contribution in [0.15, 0.2) is 79.3 Å². The van der Waals surface area contributed by atoms with E-state index in [2.05, 4.69) is 50.0 Å². The second-order valence-corrected chi connectivity index (χ2v) is 10.8. The van der Waals surface area contributed by atoms with Crippen molar-refractivity contribution in [2.75, 3.05) is 23.9 Å². The standard InChI is InChI=1S/C26H26N6O2S.ClH/c1-35(33,34)12-11-27-15-20-7-9-24-23(13-20)26(29-18-28-24)31-22-8-10-25-21(14-22)16-30-32(25)17-19-5-3-2-4-6-19;/h2-10,13-14,16,18,27H,11-12,15,17H2,1H3,(H,28,29,31);1H. The summed E-state index contributed by atoms with van der Waals surface area (Å²) in [5.74, 6) is 0.824. The van der Waals surface area contributed by atoms with Crippen molar-refractivity contribution >= 4 is 55.6 Å². The SMILES string of the molecule is CS(=O)(=O)CCNCc1ccc2ncnc(Nc3ccc4c(cnn4Cc4ccccc4)c3)c2c1.Cl. The van der Waals surface area contributed by atoms with Gasteiger partial charge in [-0.15, -0.1) is 12.4 Å². The molecule has 0 saturated carbocycles. The summed E-state index contributed by atoms with van der Waals surface area (Å²) in [6, 6.07) is 22.4. The van der Waals surface area contributed by atoms with Crippen LogP contribution >= 0.6 is 12.4 Å². The van der Waals surface area contributed by atoms with Crippen molar-refractivity contribution in [3.63, 3.8) is 0 Å². The van der Waals surface area contributed by atoms with Crippen molar-refractivity contribution in [1.29, 1.82) is 0 Å². The maximum atomic E-state index is 11.3. The van der Waals surface area contributed by atoms with Gasteiger partial charge in [0.25, 0.3) is 0 Å². The maximum Gasteiger partial charge on any atom is 0.148 e. The lowest BCUT2D eigenvalue weighted by Gasteiger charge is -2.11. The lowest BCUT2D eigenvalue weighted by Crippen LogP contribution is -2.21. The molecule has 2 heterocycles. The fourth-order valence-corrected chi connectivity index (χ4v) is 4.50. The van der Waals surface area contributed by atoms with Crippen LogP contribution < -0.4 is 10.6 Å². The van der Waals surface area contributed by atoms with E-state index >= 15 is 0 Å². The van der Waals surface area contributed by atoms with Crippen molar-refractivity contribution in [3.05, 3.63) is 90.4 Å². The van der Waals surface area contributed by atoms with E-state index in [1.807, 2.05) is 53.3 Å². The molecule has 2 N–H and O–H groups in total. The zero-order valence-corrected chi connectivity index (χ0v) is 21.4. The Morgan fingerprint density at radius 2 is 1.78 bits per heavy atom. The fourth-order valence-electron chi connectivity index (χ4n) is 3.99. The van der Waals surface area contributed by atoms with Gasteiger partial charge in [0.1, 0.15) is 22.0 Å². The fraction of sp³-hybridized carbons (Fsp3) is 0.192. The molecule has 0 aliphatic rings. The summed E-state index contributed by atoms with van der Waals surface area (Å²) in [6.07, 6.45) is 4.67. The second-order valence-electron chi connectivity index (χ2n) is 8.57. The van der Waals surface area contributed by atoms with E-state index in [9.17, 15) is 8.42 Å². The van der Waals surface area contributed by atoms with Gasteiger partial charge in [-0.1, -0.05) is 36.4 Å². The smallest absolute Gasteiger partial charge is 0.148 e. The number of halogens is 1. The van der Waals surface area contributed by atoms with Gasteiger partial charge in [0.05, 0.1) is 29.5 Å². The maximum absolute atomic E-state index is 11.3. The normalized spacial score (nSPS) is 11.5. The Bertz CT molecular complexity index is 1590. The van der Waals surface area contributed by atoms with Gasteiger partial charge in [-0.25, -0.2) is 18.4 Å². The van der Waals surface area contributed by atoms with E-state index in [1.165, 1.54) is 11.8 Å². The van der Waals surface area contributed by atoms with Gasteiger partial charge in [-0.3, -0.25) is 4.68 Å². The topological polar surface area (TPSA) is 102 Å². The monoisotopic (exact) mass is 522 g/mol. The first-order valence-corrected chi connectivity index (χ1v) is 13.4. The summed E-state index contributed by atoms with van der Waals surface area (Å²) < 4.78 is 24.7. The first-order valence-electron chi connectivity index (χ1n) is 11.3. The van der Waals surface area contributed by atoms with E-state index in [1.54, 1.807) is 6.33 Å². The van der Waals surface area contributed by atoms with Crippen molar-refractivity contribution in [2.45, 2.75) is 13.1 Å². The van der Waals surface area contributed by atoms with Gasteiger partial charge in [0.15, 0.2) is 0 Å². The van der Waals surface area contributed by atoms with Crippen molar-refractivity contribution in [3.8, 4) is 0 Å². The molecule has 0 unspecified atom stereocenters. The zero-order valence-electron chi connectivity index (χ0n) is 19.8. The number of rotatable bonds is 9. The largest absolute Gasteiger partial charge is 0.340 e. The van der Waals surface area contributed by atoms with Crippen molar-refractivity contribution in [2.24, 2.45) is 0 Å². The highest BCUT2D eigenvalue weighted by Crippen LogP contribution is 2.26. The summed E-state index contributed by atoms with van der Waals surface area (Å²) in [7, 11) is -2.98. The van der Waals surface area contributed by atoms with Crippen molar-refractivity contribution < 1.29 is 8.42 Å². The summed E-state index contributed by atoms with van der Waals surface area (Å²) in [5.41, 5.74) is 5.04. The number of aromatic nitrogens is 4. The molecule has 2 aromatic heterocycles. The predicted molar refractivity (Wildman–Crippen MR) is 147 cm³/mol. The molecule has 0 aliphatic heterocycles. The minimum atomic E-state index is -2.98. The number of anilines is 2. The highest BCUT2D eigenvalue weighted by atomic mass is 35.5. The van der Waals surface area contributed by atoms with Gasteiger partial charge < -0.3 is 10.6 Å². The molecule has 36 heavy (non-hydrogen) atoms. The van der Waals surface area contributed by atoms with Crippen LogP contribution in [-0.4, -0.2) is 46.7 Å². The molecular weight excluding hydrogens is 496 g/mol. The summed E-state index contributed by atoms with van der Waals surface area (Å²) in [4.78, 5) is 8.85. The average molecular weight is 523 g/mol. The van der Waals surface area contributed by atoms with E-state index in [0.717, 1.165) is 33.1 Å². The Morgan fingerprint density at radius 1 is 0.944 bits per heavy atom. The van der Waals surface area contributed by atoms with E-state index < -0.39 is 9.84 Å². The molecule has 0 fully saturated rings. The summed E-state index contributed by atoms with van der Waals surface area (Å²) in [6.45, 7) is 1.69. The summed E-state index contributed by atoms with van der Waals surface area (Å²) in [5, 5.41) is 13.1. The first kappa shape index (κ1) is 25.6. The predicted octanol–water partition coefficient (Wildman–Crippen LogP) is 4.33. The minimum absolute atomic E-state index is 0. The molecule has 0 saturated heterocycles. The van der Waals surface area contributed by atoms with Gasteiger partial charge in [-0.2, -0.15) is 5.10 Å². The lowest BCUT2D eigenvalue weighted by molar-refractivity contribution is 0.596. The van der Waals surface area contributed by atoms with Crippen LogP contribution in [-0.2, 0) is 22.9 Å². The number of nitrogens with one attached hydrogen (secondary N) is 2. The molecule has 5 rings (SSSR count). The Kier molecular flexibility index (Phi) is 7.83. The number of fused-ring (bicyclic) bond motifs is 2. The molecule has 0 atom stereocenters.